The molecule has 26 heavy (non-hydrogen) atoms. The van der Waals surface area contributed by atoms with Gasteiger partial charge in [0.1, 0.15) is 5.82 Å². The van der Waals surface area contributed by atoms with Crippen molar-refractivity contribution in [3.05, 3.63) is 62.8 Å². The predicted molar refractivity (Wildman–Crippen MR) is 98.5 cm³/mol. The first-order valence-corrected chi connectivity index (χ1v) is 8.99. The first kappa shape index (κ1) is 16.8. The fraction of sp³-hybridized carbons (Fsp3) is 0.421. The first-order valence-electron chi connectivity index (χ1n) is 8.99. The molecule has 7 heteroatoms. The third-order valence-corrected chi connectivity index (χ3v) is 5.02. The zero-order valence-corrected chi connectivity index (χ0v) is 14.8. The van der Waals surface area contributed by atoms with E-state index in [1.807, 2.05) is 31.2 Å². The summed E-state index contributed by atoms with van der Waals surface area (Å²) < 4.78 is 6.99. The van der Waals surface area contributed by atoms with Gasteiger partial charge in [-0.05, 0) is 38.4 Å². The largest absolute Gasteiger partial charge is 0.419 e. The van der Waals surface area contributed by atoms with Crippen molar-refractivity contribution in [1.29, 1.82) is 0 Å². The molecule has 0 aliphatic carbocycles. The quantitative estimate of drug-likeness (QED) is 0.773. The summed E-state index contributed by atoms with van der Waals surface area (Å²) in [5.41, 5.74) is 2.22. The monoisotopic (exact) mass is 354 g/mol. The van der Waals surface area contributed by atoms with E-state index in [2.05, 4.69) is 14.9 Å². The lowest BCUT2D eigenvalue weighted by atomic mass is 9.94. The fourth-order valence-electron chi connectivity index (χ4n) is 3.78. The van der Waals surface area contributed by atoms with Crippen LogP contribution in [0.25, 0.3) is 11.1 Å². The van der Waals surface area contributed by atoms with Crippen molar-refractivity contribution in [3.63, 3.8) is 0 Å². The molecule has 0 amide bonds. The summed E-state index contributed by atoms with van der Waals surface area (Å²) in [6, 6.07) is 9.09. The summed E-state index contributed by atoms with van der Waals surface area (Å²) in [6.45, 7) is 5.00. The van der Waals surface area contributed by atoms with Gasteiger partial charge < -0.3 is 14.3 Å². The number of piperidine rings is 1. The van der Waals surface area contributed by atoms with Crippen molar-refractivity contribution in [2.45, 2.75) is 32.2 Å². The number of hydrogen-bond donors (Lipinski definition) is 1. The van der Waals surface area contributed by atoms with Crippen LogP contribution in [0.5, 0.6) is 0 Å². The Labute approximate surface area is 150 Å². The summed E-state index contributed by atoms with van der Waals surface area (Å²) in [7, 11) is 0. The molecular weight excluding hydrogens is 332 g/mol. The van der Waals surface area contributed by atoms with E-state index in [9.17, 15) is 9.59 Å². The normalized spacial score (nSPS) is 18.4. The zero-order chi connectivity index (χ0) is 18.1. The van der Waals surface area contributed by atoms with E-state index < -0.39 is 0 Å². The molecule has 0 radical (unpaired) electrons. The number of aromatic nitrogens is 3. The number of rotatable bonds is 4. The summed E-state index contributed by atoms with van der Waals surface area (Å²) in [4.78, 5) is 33.4. The molecule has 4 rings (SSSR count). The lowest BCUT2D eigenvalue weighted by Crippen LogP contribution is -2.38. The molecule has 0 saturated carbocycles. The number of para-hydroxylation sites is 2. The van der Waals surface area contributed by atoms with Crippen molar-refractivity contribution in [2.75, 3.05) is 19.6 Å². The van der Waals surface area contributed by atoms with Gasteiger partial charge in [-0.25, -0.2) is 9.78 Å². The molecule has 3 aromatic rings. The first-order chi connectivity index (χ1) is 12.6. The Balaban J connectivity index is 1.47. The maximum atomic E-state index is 12.1. The van der Waals surface area contributed by atoms with Crippen LogP contribution >= 0.6 is 0 Å². The molecule has 1 atom stereocenters. The lowest BCUT2D eigenvalue weighted by Gasteiger charge is -2.32. The van der Waals surface area contributed by atoms with Crippen LogP contribution in [-0.2, 0) is 6.54 Å². The van der Waals surface area contributed by atoms with Crippen molar-refractivity contribution in [3.8, 4) is 0 Å². The molecule has 1 aliphatic heterocycles. The van der Waals surface area contributed by atoms with E-state index in [1.165, 1.54) is 0 Å². The Morgan fingerprint density at radius 3 is 2.96 bits per heavy atom. The highest BCUT2D eigenvalue weighted by molar-refractivity contribution is 5.72. The van der Waals surface area contributed by atoms with Gasteiger partial charge in [0.25, 0.3) is 5.56 Å². The number of oxazole rings is 1. The minimum atomic E-state index is -0.313. The Morgan fingerprint density at radius 1 is 1.27 bits per heavy atom. The number of nitrogens with zero attached hydrogens (tertiary/aromatic N) is 3. The summed E-state index contributed by atoms with van der Waals surface area (Å²) >= 11 is 0. The lowest BCUT2D eigenvalue weighted by molar-refractivity contribution is 0.198. The zero-order valence-electron chi connectivity index (χ0n) is 14.8. The van der Waals surface area contributed by atoms with Gasteiger partial charge in [-0.15, -0.1) is 0 Å². The Morgan fingerprint density at radius 2 is 2.12 bits per heavy atom. The van der Waals surface area contributed by atoms with Gasteiger partial charge in [-0.3, -0.25) is 9.36 Å². The van der Waals surface area contributed by atoms with Gasteiger partial charge in [0, 0.05) is 31.6 Å². The van der Waals surface area contributed by atoms with Crippen LogP contribution in [0.3, 0.4) is 0 Å². The van der Waals surface area contributed by atoms with E-state index in [-0.39, 0.29) is 17.2 Å². The molecule has 3 heterocycles. The molecular formula is C19H22N4O3. The standard InChI is InChI=1S/C19H22N4O3/c1-13-20-15(11-18(24)21-13)14-5-4-8-22(12-14)9-10-23-16-6-2-3-7-17(16)26-19(23)25/h2-3,6-7,11,14H,4-5,8-10,12H2,1H3,(H,20,21,24)/t14-/m0/s1. The second kappa shape index (κ2) is 6.92. The van der Waals surface area contributed by atoms with E-state index >= 15 is 0 Å². The van der Waals surface area contributed by atoms with Crippen LogP contribution in [0.4, 0.5) is 0 Å². The van der Waals surface area contributed by atoms with Crippen LogP contribution in [0.1, 0.15) is 30.3 Å². The van der Waals surface area contributed by atoms with E-state index in [0.717, 1.165) is 43.7 Å². The van der Waals surface area contributed by atoms with Gasteiger partial charge in [0.2, 0.25) is 0 Å². The molecule has 1 fully saturated rings. The van der Waals surface area contributed by atoms with Gasteiger partial charge >= 0.3 is 5.76 Å². The molecule has 0 bridgehead atoms. The van der Waals surface area contributed by atoms with Gasteiger partial charge in [-0.2, -0.15) is 0 Å². The fourth-order valence-corrected chi connectivity index (χ4v) is 3.78. The number of fused-ring (bicyclic) bond motifs is 1. The van der Waals surface area contributed by atoms with Gasteiger partial charge in [0.15, 0.2) is 5.58 Å². The number of H-pyrrole nitrogens is 1. The number of benzene rings is 1. The van der Waals surface area contributed by atoms with Crippen molar-refractivity contribution >= 4 is 11.1 Å². The van der Waals surface area contributed by atoms with E-state index in [0.29, 0.717) is 18.0 Å². The molecule has 136 valence electrons. The molecule has 1 aromatic carbocycles. The summed E-state index contributed by atoms with van der Waals surface area (Å²) in [6.07, 6.45) is 2.08. The molecule has 0 spiro atoms. The molecule has 1 aliphatic rings. The highest BCUT2D eigenvalue weighted by atomic mass is 16.4. The average molecular weight is 354 g/mol. The molecule has 0 unspecified atom stereocenters. The number of nitrogens with one attached hydrogen (secondary N) is 1. The average Bonchev–Trinajstić information content (AvgIpc) is 2.94. The topological polar surface area (TPSA) is 84.1 Å². The highest BCUT2D eigenvalue weighted by Gasteiger charge is 2.23. The number of aromatic amines is 1. The number of aryl methyl sites for hydroxylation is 1. The van der Waals surface area contributed by atoms with Gasteiger partial charge in [-0.1, -0.05) is 12.1 Å². The molecule has 7 nitrogen and oxygen atoms in total. The van der Waals surface area contributed by atoms with Crippen molar-refractivity contribution in [2.24, 2.45) is 0 Å². The molecule has 1 saturated heterocycles. The SMILES string of the molecule is Cc1nc([C@H]2CCCN(CCn3c(=O)oc4ccccc43)C2)cc(=O)[nH]1. The smallest absolute Gasteiger partial charge is 0.408 e. The maximum Gasteiger partial charge on any atom is 0.419 e. The minimum Gasteiger partial charge on any atom is -0.408 e. The Kier molecular flexibility index (Phi) is 4.46. The number of likely N-dealkylation sites (tertiary alicyclic amines) is 1. The van der Waals surface area contributed by atoms with Crippen LogP contribution in [-0.4, -0.2) is 39.1 Å². The summed E-state index contributed by atoms with van der Waals surface area (Å²) in [5, 5.41) is 0. The number of hydrogen-bond acceptors (Lipinski definition) is 5. The van der Waals surface area contributed by atoms with Gasteiger partial charge in [0.05, 0.1) is 11.2 Å². The predicted octanol–water partition coefficient (Wildman–Crippen LogP) is 1.87. The van der Waals surface area contributed by atoms with E-state index in [4.69, 9.17) is 4.42 Å². The third-order valence-electron chi connectivity index (χ3n) is 5.02. The third kappa shape index (κ3) is 3.35. The maximum absolute atomic E-state index is 12.1. The Bertz CT molecular complexity index is 1030. The molecule has 1 N–H and O–H groups in total. The second-order valence-electron chi connectivity index (χ2n) is 6.88. The van der Waals surface area contributed by atoms with E-state index in [1.54, 1.807) is 10.6 Å². The van der Waals surface area contributed by atoms with Crippen LogP contribution in [0.15, 0.2) is 44.3 Å². The van der Waals surface area contributed by atoms with Crippen LogP contribution < -0.4 is 11.3 Å². The summed E-state index contributed by atoms with van der Waals surface area (Å²) in [5.74, 6) is 0.593. The van der Waals surface area contributed by atoms with Crippen LogP contribution in [0, 0.1) is 6.92 Å². The second-order valence-corrected chi connectivity index (χ2v) is 6.88. The Hall–Kier alpha value is -2.67. The minimum absolute atomic E-state index is 0.0963. The van der Waals surface area contributed by atoms with Crippen LogP contribution in [0.2, 0.25) is 0 Å². The molecule has 2 aromatic heterocycles. The van der Waals surface area contributed by atoms with Crippen molar-refractivity contribution < 1.29 is 4.42 Å². The van der Waals surface area contributed by atoms with Crippen molar-refractivity contribution in [1.82, 2.24) is 19.4 Å². The highest BCUT2D eigenvalue weighted by Crippen LogP contribution is 2.25.